The minimum atomic E-state index is -5.35. The van der Waals surface area contributed by atoms with Gasteiger partial charge in [0.1, 0.15) is 30.4 Å². The third-order valence-electron chi connectivity index (χ3n) is 2.71. The Bertz CT molecular complexity index is 1090. The van der Waals surface area contributed by atoms with Gasteiger partial charge in [0.15, 0.2) is 0 Å². The van der Waals surface area contributed by atoms with Crippen LogP contribution in [-0.4, -0.2) is 38.9 Å². The summed E-state index contributed by atoms with van der Waals surface area (Å²) in [5.41, 5.74) is 0. The Kier molecular flexibility index (Phi) is 13.6. The summed E-state index contributed by atoms with van der Waals surface area (Å²) >= 11 is 0. The van der Waals surface area contributed by atoms with Gasteiger partial charge in [0, 0.05) is 5.39 Å². The molecule has 0 bridgehead atoms. The second-order valence-corrected chi connectivity index (χ2v) is 8.18. The van der Waals surface area contributed by atoms with Crippen molar-refractivity contribution in [3.8, 4) is 0 Å². The molecule has 0 amide bonds. The van der Waals surface area contributed by atoms with E-state index < -0.39 is 50.4 Å². The molecule has 120 valence electrons. The van der Waals surface area contributed by atoms with E-state index in [0.717, 1.165) is 18.2 Å². The van der Waals surface area contributed by atoms with Crippen molar-refractivity contribution < 1.29 is 193 Å². The van der Waals surface area contributed by atoms with E-state index in [9.17, 15) is 38.9 Å². The van der Waals surface area contributed by atoms with Gasteiger partial charge < -0.3 is 13.7 Å². The van der Waals surface area contributed by atoms with Crippen LogP contribution in [0.1, 0.15) is 0 Å². The summed E-state index contributed by atoms with van der Waals surface area (Å²) in [5, 5.41) is -0.668. The maximum atomic E-state index is 11.3. The number of benzene rings is 2. The molecule has 0 aliphatic carbocycles. The van der Waals surface area contributed by atoms with Crippen molar-refractivity contribution >= 4 is 41.1 Å². The molecule has 0 spiro atoms. The maximum absolute atomic E-state index is 11.3. The van der Waals surface area contributed by atoms with Gasteiger partial charge in [0.05, 0.1) is 14.7 Å². The van der Waals surface area contributed by atoms with E-state index >= 15 is 0 Å². The van der Waals surface area contributed by atoms with Crippen molar-refractivity contribution in [2.45, 2.75) is 14.7 Å². The fraction of sp³-hybridized carbons (Fsp3) is 0. The Labute approximate surface area is 272 Å². The Hall–Kier alpha value is 3.34. The van der Waals surface area contributed by atoms with Gasteiger partial charge in [-0.2, -0.15) is 0 Å². The molecule has 0 radical (unpaired) electrons. The van der Waals surface area contributed by atoms with Crippen molar-refractivity contribution in [3.05, 3.63) is 30.3 Å². The third-order valence-corrected chi connectivity index (χ3v) is 5.49. The molecular formula is C10H5K3O9S3. The number of hydrogen-bond acceptors (Lipinski definition) is 9. The standard InChI is InChI=1S/C10H8O9S3.3K/c11-20(12,13)7-2-3-8-6(5-7)1-4-9(21(14,15)16)10(8)22(17,18)19;;;/h1-5H,(H,11,12,13)(H,14,15,16)(H,17,18,19);;;/q;3*+1/p-3. The normalized spacial score (nSPS) is 11.8. The van der Waals surface area contributed by atoms with Crippen LogP contribution >= 0.6 is 0 Å². The molecule has 2 rings (SSSR count). The van der Waals surface area contributed by atoms with Gasteiger partial charge in [0.2, 0.25) is 0 Å². The Morgan fingerprint density at radius 2 is 1.16 bits per heavy atom. The van der Waals surface area contributed by atoms with Gasteiger partial charge in [-0.05, 0) is 23.6 Å². The van der Waals surface area contributed by atoms with Crippen LogP contribution in [0.4, 0.5) is 0 Å². The van der Waals surface area contributed by atoms with Crippen molar-refractivity contribution in [2.75, 3.05) is 0 Å². The molecule has 0 N–H and O–H groups in total. The van der Waals surface area contributed by atoms with E-state index in [1.165, 1.54) is 0 Å². The fourth-order valence-electron chi connectivity index (χ4n) is 1.87. The van der Waals surface area contributed by atoms with Crippen LogP contribution in [0.2, 0.25) is 0 Å². The van der Waals surface area contributed by atoms with Crippen molar-refractivity contribution in [1.29, 1.82) is 0 Å². The number of hydrogen-bond donors (Lipinski definition) is 0. The molecule has 0 unspecified atom stereocenters. The summed E-state index contributed by atoms with van der Waals surface area (Å²) in [7, 11) is -15.4. The zero-order valence-corrected chi connectivity index (χ0v) is 25.1. The van der Waals surface area contributed by atoms with Gasteiger partial charge in [-0.1, -0.05) is 12.1 Å². The molecule has 9 nitrogen and oxygen atoms in total. The largest absolute Gasteiger partial charge is 1.00 e. The molecule has 0 heterocycles. The molecule has 2 aromatic carbocycles. The molecule has 0 saturated carbocycles. The molecule has 0 aliphatic rings. The van der Waals surface area contributed by atoms with Crippen molar-refractivity contribution in [1.82, 2.24) is 0 Å². The molecular weight excluding hydrogens is 478 g/mol. The molecule has 0 aliphatic heterocycles. The summed E-state index contributed by atoms with van der Waals surface area (Å²) in [6.45, 7) is 0. The summed E-state index contributed by atoms with van der Waals surface area (Å²) < 4.78 is 99.7. The zero-order chi connectivity index (χ0) is 16.9. The topological polar surface area (TPSA) is 172 Å². The van der Waals surface area contributed by atoms with Crippen LogP contribution < -0.4 is 154 Å². The molecule has 2 aromatic rings. The first-order valence-corrected chi connectivity index (χ1v) is 9.49. The minimum absolute atomic E-state index is 0. The fourth-order valence-corrected chi connectivity index (χ4v) is 4.33. The Morgan fingerprint density at radius 1 is 0.640 bits per heavy atom. The van der Waals surface area contributed by atoms with Gasteiger partial charge in [-0.3, -0.25) is 0 Å². The Balaban J connectivity index is 0. The van der Waals surface area contributed by atoms with Crippen LogP contribution in [0.3, 0.4) is 0 Å². The van der Waals surface area contributed by atoms with Gasteiger partial charge >= 0.3 is 154 Å². The summed E-state index contributed by atoms with van der Waals surface area (Å²) in [6.07, 6.45) is 0. The van der Waals surface area contributed by atoms with Crippen LogP contribution in [0, 0.1) is 0 Å². The minimum Gasteiger partial charge on any atom is -0.744 e. The van der Waals surface area contributed by atoms with E-state index in [0.29, 0.717) is 12.1 Å². The van der Waals surface area contributed by atoms with E-state index in [1.807, 2.05) is 0 Å². The number of rotatable bonds is 3. The first kappa shape index (κ1) is 30.5. The predicted octanol–water partition coefficient (Wildman–Crippen LogP) is -9.44. The predicted molar refractivity (Wildman–Crippen MR) is 67.8 cm³/mol. The first-order valence-electron chi connectivity index (χ1n) is 5.26. The smallest absolute Gasteiger partial charge is 0.744 e. The summed E-state index contributed by atoms with van der Waals surface area (Å²) in [4.78, 5) is -3.23. The molecule has 25 heavy (non-hydrogen) atoms. The van der Waals surface area contributed by atoms with Crippen LogP contribution in [0.5, 0.6) is 0 Å². The monoisotopic (exact) mass is 482 g/mol. The van der Waals surface area contributed by atoms with Crippen LogP contribution in [0.15, 0.2) is 45.0 Å². The quantitative estimate of drug-likeness (QED) is 0.304. The molecule has 0 atom stereocenters. The molecule has 0 aromatic heterocycles. The van der Waals surface area contributed by atoms with Crippen LogP contribution in [-0.2, 0) is 30.4 Å². The van der Waals surface area contributed by atoms with Gasteiger partial charge in [-0.25, -0.2) is 25.3 Å². The zero-order valence-electron chi connectivity index (χ0n) is 13.3. The second kappa shape index (κ2) is 11.1. The molecule has 0 fully saturated rings. The molecule has 15 heteroatoms. The Morgan fingerprint density at radius 3 is 1.56 bits per heavy atom. The SMILES string of the molecule is O=S(=O)([O-])c1ccc2c(S(=O)(=O)[O-])c(S(=O)(=O)[O-])ccc2c1.[K+].[K+].[K+]. The average Bonchev–Trinajstić information content (AvgIpc) is 2.33. The van der Waals surface area contributed by atoms with Crippen LogP contribution in [0.25, 0.3) is 10.8 Å². The van der Waals surface area contributed by atoms with Gasteiger partial charge in [-0.15, -0.1) is 0 Å². The van der Waals surface area contributed by atoms with Gasteiger partial charge in [0.25, 0.3) is 0 Å². The number of fused-ring (bicyclic) bond motifs is 1. The van der Waals surface area contributed by atoms with E-state index in [4.69, 9.17) is 0 Å². The first-order chi connectivity index (χ1) is 9.82. The second-order valence-electron chi connectivity index (χ2n) is 4.14. The van der Waals surface area contributed by atoms with E-state index in [2.05, 4.69) is 0 Å². The summed E-state index contributed by atoms with van der Waals surface area (Å²) in [5.74, 6) is 0. The molecule has 0 saturated heterocycles. The summed E-state index contributed by atoms with van der Waals surface area (Å²) in [6, 6.07) is 3.74. The third kappa shape index (κ3) is 7.83. The van der Waals surface area contributed by atoms with Crippen molar-refractivity contribution in [2.24, 2.45) is 0 Å². The maximum Gasteiger partial charge on any atom is 1.00 e. The van der Waals surface area contributed by atoms with E-state index in [-0.39, 0.29) is 160 Å². The average molecular weight is 483 g/mol. The van der Waals surface area contributed by atoms with E-state index in [1.54, 1.807) is 0 Å². The van der Waals surface area contributed by atoms with Crippen molar-refractivity contribution in [3.63, 3.8) is 0 Å².